The van der Waals surface area contributed by atoms with Crippen LogP contribution in [0, 0.1) is 17.8 Å². The molecule has 0 aliphatic rings. The lowest BCUT2D eigenvalue weighted by Crippen LogP contribution is -2.07. The van der Waals surface area contributed by atoms with Crippen molar-refractivity contribution < 1.29 is 0 Å². The lowest BCUT2D eigenvalue weighted by atomic mass is 9.88. The Kier molecular flexibility index (Phi) is 3.11. The quantitative estimate of drug-likeness (QED) is 0.516. The van der Waals surface area contributed by atoms with Crippen LogP contribution in [0.4, 0.5) is 0 Å². The molecule has 1 radical (unpaired) electrons. The van der Waals surface area contributed by atoms with Crippen LogP contribution in [0.5, 0.6) is 0 Å². The lowest BCUT2D eigenvalue weighted by Gasteiger charge is -2.17. The Morgan fingerprint density at radius 2 is 1.12 bits per heavy atom. The Labute approximate surface area is 53.3 Å². The minimum atomic E-state index is 0.759. The van der Waals surface area contributed by atoms with Crippen LogP contribution in [0.25, 0.3) is 0 Å². The van der Waals surface area contributed by atoms with Crippen molar-refractivity contribution in [2.45, 2.75) is 34.6 Å². The maximum atomic E-state index is 2.25. The largest absolute Gasteiger partial charge is 0.0622 e. The molecule has 0 spiro atoms. The molecule has 0 bridgehead atoms. The molecule has 0 fully saturated rings. The molecule has 0 aromatic rings. The van der Waals surface area contributed by atoms with Crippen molar-refractivity contribution >= 4 is 0 Å². The van der Waals surface area contributed by atoms with Crippen molar-refractivity contribution in [3.8, 4) is 0 Å². The first-order valence-corrected chi connectivity index (χ1v) is 3.39. The molecule has 0 N–H and O–H groups in total. The molecule has 0 aromatic heterocycles. The van der Waals surface area contributed by atoms with Gasteiger partial charge in [-0.3, -0.25) is 0 Å². The van der Waals surface area contributed by atoms with Crippen molar-refractivity contribution in [2.75, 3.05) is 0 Å². The highest BCUT2D eigenvalue weighted by atomic mass is 14.2. The molecule has 0 saturated carbocycles. The summed E-state index contributed by atoms with van der Waals surface area (Å²) in [6, 6.07) is 0. The van der Waals surface area contributed by atoms with E-state index in [1.165, 1.54) is 0 Å². The van der Waals surface area contributed by atoms with Gasteiger partial charge in [-0.15, -0.1) is 0 Å². The van der Waals surface area contributed by atoms with E-state index in [1.807, 2.05) is 0 Å². The molecule has 49 valence electrons. The van der Waals surface area contributed by atoms with E-state index in [-0.39, 0.29) is 0 Å². The summed E-state index contributed by atoms with van der Waals surface area (Å²) in [6.45, 7) is 11.2. The fourth-order valence-corrected chi connectivity index (χ4v) is 0.667. The molecular weight excluding hydrogens is 96.1 g/mol. The van der Waals surface area contributed by atoms with Crippen LogP contribution in [0.15, 0.2) is 0 Å². The second-order valence-electron chi connectivity index (χ2n) is 3.05. The second kappa shape index (κ2) is 3.11. The average Bonchev–Trinajstić information content (AvgIpc) is 1.64. The van der Waals surface area contributed by atoms with Crippen molar-refractivity contribution in [3.05, 3.63) is 5.92 Å². The lowest BCUT2D eigenvalue weighted by molar-refractivity contribution is 0.523. The van der Waals surface area contributed by atoms with Gasteiger partial charge in [-0.1, -0.05) is 34.6 Å². The smallest absolute Gasteiger partial charge is 0.0221 e. The van der Waals surface area contributed by atoms with Crippen LogP contribution >= 0.6 is 0 Å². The molecule has 0 nitrogen and oxygen atoms in total. The average molecular weight is 113 g/mol. The topological polar surface area (TPSA) is 0 Å². The molecule has 0 unspecified atom stereocenters. The van der Waals surface area contributed by atoms with Crippen LogP contribution in [-0.4, -0.2) is 0 Å². The van der Waals surface area contributed by atoms with Crippen LogP contribution in [0.2, 0.25) is 0 Å². The van der Waals surface area contributed by atoms with Gasteiger partial charge in [-0.05, 0) is 17.8 Å². The molecule has 0 saturated heterocycles. The van der Waals surface area contributed by atoms with Gasteiger partial charge in [0, 0.05) is 0 Å². The number of rotatable bonds is 2. The zero-order chi connectivity index (χ0) is 6.73. The summed E-state index contributed by atoms with van der Waals surface area (Å²) in [6.07, 6.45) is 0. The van der Waals surface area contributed by atoms with E-state index in [0.717, 1.165) is 11.8 Å². The predicted molar refractivity (Wildman–Crippen MR) is 38.6 cm³/mol. The van der Waals surface area contributed by atoms with Gasteiger partial charge >= 0.3 is 0 Å². The number of hydrogen-bond acceptors (Lipinski definition) is 0. The van der Waals surface area contributed by atoms with E-state index >= 15 is 0 Å². The van der Waals surface area contributed by atoms with E-state index in [0.29, 0.717) is 0 Å². The van der Waals surface area contributed by atoms with Gasteiger partial charge in [0.2, 0.25) is 0 Å². The van der Waals surface area contributed by atoms with Crippen LogP contribution in [0.1, 0.15) is 34.6 Å². The van der Waals surface area contributed by atoms with Gasteiger partial charge in [-0.25, -0.2) is 0 Å². The molecular formula is C8H17. The first-order valence-electron chi connectivity index (χ1n) is 3.39. The molecule has 0 heteroatoms. The predicted octanol–water partition coefficient (Wildman–Crippen LogP) is 2.89. The van der Waals surface area contributed by atoms with Crippen LogP contribution < -0.4 is 0 Å². The summed E-state index contributed by atoms with van der Waals surface area (Å²) >= 11 is 0. The fourth-order valence-electron chi connectivity index (χ4n) is 0.667. The van der Waals surface area contributed by atoms with Crippen molar-refractivity contribution in [2.24, 2.45) is 11.8 Å². The summed E-state index contributed by atoms with van der Waals surface area (Å²) in [5.41, 5.74) is 0. The van der Waals surface area contributed by atoms with E-state index in [2.05, 4.69) is 34.6 Å². The van der Waals surface area contributed by atoms with Crippen LogP contribution in [-0.2, 0) is 0 Å². The summed E-state index contributed by atoms with van der Waals surface area (Å²) in [4.78, 5) is 0. The highest BCUT2D eigenvalue weighted by Gasteiger charge is 2.10. The van der Waals surface area contributed by atoms with E-state index in [1.54, 1.807) is 5.92 Å². The van der Waals surface area contributed by atoms with Gasteiger partial charge in [0.1, 0.15) is 0 Å². The normalized spacial score (nSPS) is 12.0. The maximum absolute atomic E-state index is 2.25. The van der Waals surface area contributed by atoms with E-state index in [9.17, 15) is 0 Å². The summed E-state index contributed by atoms with van der Waals surface area (Å²) in [5, 5.41) is 0. The first-order chi connectivity index (χ1) is 3.55. The second-order valence-corrected chi connectivity index (χ2v) is 3.05. The Morgan fingerprint density at radius 3 is 1.12 bits per heavy atom. The molecule has 0 atom stereocenters. The molecule has 0 aliphatic heterocycles. The summed E-state index contributed by atoms with van der Waals surface area (Å²) in [5.74, 6) is 3.12. The third-order valence-corrected chi connectivity index (χ3v) is 1.82. The molecule has 0 aliphatic carbocycles. The standard InChI is InChI=1S/C8H17/c1-6(2)8(5)7(3)4/h6-7H,1-5H3. The Hall–Kier alpha value is 0. The van der Waals surface area contributed by atoms with Gasteiger partial charge in [0.05, 0.1) is 0 Å². The van der Waals surface area contributed by atoms with Gasteiger partial charge in [0.25, 0.3) is 0 Å². The molecule has 8 heavy (non-hydrogen) atoms. The Morgan fingerprint density at radius 1 is 0.875 bits per heavy atom. The van der Waals surface area contributed by atoms with Gasteiger partial charge in [0.15, 0.2) is 0 Å². The van der Waals surface area contributed by atoms with Crippen molar-refractivity contribution in [1.82, 2.24) is 0 Å². The van der Waals surface area contributed by atoms with E-state index < -0.39 is 0 Å². The molecule has 0 rings (SSSR count). The van der Waals surface area contributed by atoms with Crippen molar-refractivity contribution in [1.29, 1.82) is 0 Å². The summed E-state index contributed by atoms with van der Waals surface area (Å²) < 4.78 is 0. The highest BCUT2D eigenvalue weighted by Crippen LogP contribution is 2.20. The third-order valence-electron chi connectivity index (χ3n) is 1.82. The first kappa shape index (κ1) is 8.00. The zero-order valence-electron chi connectivity index (χ0n) is 6.65. The summed E-state index contributed by atoms with van der Waals surface area (Å²) in [7, 11) is 0. The van der Waals surface area contributed by atoms with Gasteiger partial charge in [-0.2, -0.15) is 0 Å². The molecule has 0 heterocycles. The van der Waals surface area contributed by atoms with Gasteiger partial charge < -0.3 is 0 Å². The third kappa shape index (κ3) is 2.34. The van der Waals surface area contributed by atoms with E-state index in [4.69, 9.17) is 0 Å². The molecule has 0 aromatic carbocycles. The zero-order valence-corrected chi connectivity index (χ0v) is 6.65. The SMILES string of the molecule is C[C](C(C)C)C(C)C. The Balaban J connectivity index is 3.46. The minimum Gasteiger partial charge on any atom is -0.0622 e. The van der Waals surface area contributed by atoms with Crippen molar-refractivity contribution in [3.63, 3.8) is 0 Å². The fraction of sp³-hybridized carbons (Fsp3) is 0.875. The van der Waals surface area contributed by atoms with Crippen LogP contribution in [0.3, 0.4) is 0 Å². The highest BCUT2D eigenvalue weighted by molar-refractivity contribution is 4.90. The minimum absolute atomic E-state index is 0.759. The number of hydrogen-bond donors (Lipinski definition) is 0. The Bertz CT molecular complexity index is 45.1. The monoisotopic (exact) mass is 113 g/mol. The molecule has 0 amide bonds. The maximum Gasteiger partial charge on any atom is -0.0221 e.